The van der Waals surface area contributed by atoms with Crippen molar-refractivity contribution in [2.45, 2.75) is 26.5 Å². The van der Waals surface area contributed by atoms with Gasteiger partial charge in [-0.3, -0.25) is 4.79 Å². The molecule has 0 spiro atoms. The third kappa shape index (κ3) is 6.25. The van der Waals surface area contributed by atoms with Crippen LogP contribution in [0.5, 0.6) is 5.75 Å². The number of likely N-dealkylation sites (N-methyl/N-ethyl adjacent to an activating group) is 1. The average Bonchev–Trinajstić information content (AvgIpc) is 2.60. The van der Waals surface area contributed by atoms with Gasteiger partial charge in [0.25, 0.3) is 5.91 Å². The van der Waals surface area contributed by atoms with Crippen LogP contribution >= 0.6 is 11.6 Å². The van der Waals surface area contributed by atoms with Crippen LogP contribution in [-0.4, -0.2) is 36.5 Å². The smallest absolute Gasteiger partial charge is 0.344 e. The Morgan fingerprint density at radius 3 is 2.63 bits per heavy atom. The second-order valence-corrected chi connectivity index (χ2v) is 6.59. The van der Waals surface area contributed by atoms with E-state index in [4.69, 9.17) is 21.1 Å². The first-order chi connectivity index (χ1) is 12.8. The highest BCUT2D eigenvalue weighted by molar-refractivity contribution is 6.30. The molecule has 0 aliphatic rings. The summed E-state index contributed by atoms with van der Waals surface area (Å²) in [4.78, 5) is 25.6. The van der Waals surface area contributed by atoms with Gasteiger partial charge < -0.3 is 14.4 Å². The molecule has 27 heavy (non-hydrogen) atoms. The summed E-state index contributed by atoms with van der Waals surface area (Å²) in [5, 5.41) is 0.572. The van der Waals surface area contributed by atoms with E-state index in [1.165, 1.54) is 24.0 Å². The summed E-state index contributed by atoms with van der Waals surface area (Å²) in [6, 6.07) is 11.0. The van der Waals surface area contributed by atoms with Gasteiger partial charge in [0, 0.05) is 18.6 Å². The SMILES string of the molecule is Cc1cc(Cl)ccc1OCC(=O)OC(C)C(=O)N(C)Cc1cccc(F)c1. The number of hydrogen-bond donors (Lipinski definition) is 0. The lowest BCUT2D eigenvalue weighted by Crippen LogP contribution is -2.37. The highest BCUT2D eigenvalue weighted by atomic mass is 35.5. The standard InChI is InChI=1S/C20H21ClFNO4/c1-13-9-16(21)7-8-18(13)26-12-19(24)27-14(2)20(25)23(3)11-15-5-4-6-17(22)10-15/h4-10,14H,11-12H2,1-3H3. The quantitative estimate of drug-likeness (QED) is 0.672. The Balaban J connectivity index is 1.84. The lowest BCUT2D eigenvalue weighted by atomic mass is 10.2. The molecule has 0 aliphatic heterocycles. The Morgan fingerprint density at radius 2 is 1.96 bits per heavy atom. The largest absolute Gasteiger partial charge is 0.482 e. The number of halogens is 2. The molecule has 2 rings (SSSR count). The average molecular weight is 394 g/mol. The number of esters is 1. The van der Waals surface area contributed by atoms with E-state index in [0.717, 1.165) is 5.56 Å². The minimum absolute atomic E-state index is 0.207. The molecular weight excluding hydrogens is 373 g/mol. The fraction of sp³-hybridized carbons (Fsp3) is 0.300. The number of ether oxygens (including phenoxy) is 2. The van der Waals surface area contributed by atoms with Gasteiger partial charge in [-0.25, -0.2) is 9.18 Å². The highest BCUT2D eigenvalue weighted by Gasteiger charge is 2.22. The summed E-state index contributed by atoms with van der Waals surface area (Å²) in [6.07, 6.45) is -0.981. The minimum Gasteiger partial charge on any atom is -0.482 e. The Kier molecular flexibility index (Phi) is 7.19. The van der Waals surface area contributed by atoms with Crippen LogP contribution in [-0.2, 0) is 20.9 Å². The summed E-state index contributed by atoms with van der Waals surface area (Å²) >= 11 is 5.87. The molecule has 0 radical (unpaired) electrons. The molecule has 0 saturated carbocycles. The van der Waals surface area contributed by atoms with E-state index < -0.39 is 18.0 Å². The van der Waals surface area contributed by atoms with Crippen LogP contribution < -0.4 is 4.74 Å². The molecule has 1 amide bonds. The molecular formula is C20H21ClFNO4. The van der Waals surface area contributed by atoms with Crippen molar-refractivity contribution in [3.8, 4) is 5.75 Å². The second kappa shape index (κ2) is 9.37. The number of carbonyl (C=O) groups is 2. The van der Waals surface area contributed by atoms with Crippen molar-refractivity contribution < 1.29 is 23.5 Å². The van der Waals surface area contributed by atoms with Crippen LogP contribution in [0.2, 0.25) is 5.02 Å². The van der Waals surface area contributed by atoms with Gasteiger partial charge in [-0.05, 0) is 55.3 Å². The lowest BCUT2D eigenvalue weighted by molar-refractivity contribution is -0.160. The van der Waals surface area contributed by atoms with Gasteiger partial charge >= 0.3 is 5.97 Å². The number of aryl methyl sites for hydroxylation is 1. The topological polar surface area (TPSA) is 55.8 Å². The number of amides is 1. The predicted molar refractivity (Wildman–Crippen MR) is 100 cm³/mol. The molecule has 1 unspecified atom stereocenters. The zero-order valence-electron chi connectivity index (χ0n) is 15.4. The number of benzene rings is 2. The van der Waals surface area contributed by atoms with Gasteiger partial charge in [0.2, 0.25) is 0 Å². The number of carbonyl (C=O) groups excluding carboxylic acids is 2. The maximum Gasteiger partial charge on any atom is 0.344 e. The first-order valence-electron chi connectivity index (χ1n) is 8.34. The first kappa shape index (κ1) is 20.7. The van der Waals surface area contributed by atoms with Crippen LogP contribution in [0.1, 0.15) is 18.1 Å². The van der Waals surface area contributed by atoms with Crippen molar-refractivity contribution in [3.05, 3.63) is 64.4 Å². The van der Waals surface area contributed by atoms with Crippen molar-refractivity contribution in [2.24, 2.45) is 0 Å². The maximum atomic E-state index is 13.2. The fourth-order valence-corrected chi connectivity index (χ4v) is 2.72. The van der Waals surface area contributed by atoms with Crippen LogP contribution in [0.25, 0.3) is 0 Å². The van der Waals surface area contributed by atoms with Crippen molar-refractivity contribution in [2.75, 3.05) is 13.7 Å². The third-order valence-corrected chi connectivity index (χ3v) is 4.06. The molecule has 1 atom stereocenters. The summed E-state index contributed by atoms with van der Waals surface area (Å²) in [5.74, 6) is -0.916. The normalized spacial score (nSPS) is 11.6. The molecule has 2 aromatic carbocycles. The number of rotatable bonds is 7. The molecule has 5 nitrogen and oxygen atoms in total. The molecule has 0 N–H and O–H groups in total. The summed E-state index contributed by atoms with van der Waals surface area (Å²) in [6.45, 7) is 3.17. The highest BCUT2D eigenvalue weighted by Crippen LogP contribution is 2.21. The van der Waals surface area contributed by atoms with Crippen LogP contribution in [0.3, 0.4) is 0 Å². The molecule has 0 aliphatic carbocycles. The van der Waals surface area contributed by atoms with Gasteiger partial charge in [-0.2, -0.15) is 0 Å². The Morgan fingerprint density at radius 1 is 1.22 bits per heavy atom. The van der Waals surface area contributed by atoms with Crippen molar-refractivity contribution in [3.63, 3.8) is 0 Å². The molecule has 144 valence electrons. The molecule has 2 aromatic rings. The predicted octanol–water partition coefficient (Wildman–Crippen LogP) is 3.76. The van der Waals surface area contributed by atoms with Gasteiger partial charge in [-0.1, -0.05) is 23.7 Å². The summed E-state index contributed by atoms with van der Waals surface area (Å²) < 4.78 is 23.8. The van der Waals surface area contributed by atoms with E-state index in [0.29, 0.717) is 16.3 Å². The van der Waals surface area contributed by atoms with Crippen molar-refractivity contribution >= 4 is 23.5 Å². The van der Waals surface area contributed by atoms with Crippen molar-refractivity contribution in [1.29, 1.82) is 0 Å². The molecule has 7 heteroatoms. The van der Waals surface area contributed by atoms with E-state index in [1.54, 1.807) is 44.3 Å². The van der Waals surface area contributed by atoms with E-state index in [2.05, 4.69) is 0 Å². The molecule has 0 saturated heterocycles. The Labute approximate surface area is 162 Å². The summed E-state index contributed by atoms with van der Waals surface area (Å²) in [5.41, 5.74) is 1.43. The van der Waals surface area contributed by atoms with Gasteiger partial charge in [0.1, 0.15) is 11.6 Å². The molecule has 0 heterocycles. The van der Waals surface area contributed by atoms with E-state index >= 15 is 0 Å². The number of nitrogens with zero attached hydrogens (tertiary/aromatic N) is 1. The molecule has 0 fully saturated rings. The van der Waals surface area contributed by atoms with Gasteiger partial charge in [0.05, 0.1) is 0 Å². The van der Waals surface area contributed by atoms with Crippen molar-refractivity contribution in [1.82, 2.24) is 4.90 Å². The fourth-order valence-electron chi connectivity index (χ4n) is 2.49. The Bertz CT molecular complexity index is 827. The van der Waals surface area contributed by atoms with Crippen LogP contribution in [0.15, 0.2) is 42.5 Å². The minimum atomic E-state index is -0.981. The Hall–Kier alpha value is -2.60. The van der Waals surface area contributed by atoms with Crippen LogP contribution in [0.4, 0.5) is 4.39 Å². The van der Waals surface area contributed by atoms with Crippen LogP contribution in [0, 0.1) is 12.7 Å². The van der Waals surface area contributed by atoms with Gasteiger partial charge in [-0.15, -0.1) is 0 Å². The number of hydrogen-bond acceptors (Lipinski definition) is 4. The summed E-state index contributed by atoms with van der Waals surface area (Å²) in [7, 11) is 1.56. The molecule has 0 bridgehead atoms. The maximum absolute atomic E-state index is 13.2. The van der Waals surface area contributed by atoms with E-state index in [9.17, 15) is 14.0 Å². The van der Waals surface area contributed by atoms with E-state index in [1.807, 2.05) is 0 Å². The third-order valence-electron chi connectivity index (χ3n) is 3.82. The second-order valence-electron chi connectivity index (χ2n) is 6.15. The van der Waals surface area contributed by atoms with E-state index in [-0.39, 0.29) is 19.0 Å². The zero-order valence-corrected chi connectivity index (χ0v) is 16.1. The zero-order chi connectivity index (χ0) is 20.0. The molecule has 0 aromatic heterocycles. The monoisotopic (exact) mass is 393 g/mol. The lowest BCUT2D eigenvalue weighted by Gasteiger charge is -2.21. The van der Waals surface area contributed by atoms with Gasteiger partial charge in [0.15, 0.2) is 12.7 Å². The first-order valence-corrected chi connectivity index (χ1v) is 8.72.